The SMILES string of the molecule is N#CC1(c2cc3ccccc3cn2)C/C(=N/O)c2ccccc2O1. The molecule has 0 spiro atoms. The predicted octanol–water partition coefficient (Wildman–Crippen LogP) is 3.61. The van der Waals surface area contributed by atoms with Crippen molar-refractivity contribution in [3.05, 3.63) is 72.1 Å². The smallest absolute Gasteiger partial charge is 0.241 e. The number of para-hydroxylation sites is 1. The maximum Gasteiger partial charge on any atom is 0.241 e. The van der Waals surface area contributed by atoms with E-state index >= 15 is 0 Å². The van der Waals surface area contributed by atoms with Crippen LogP contribution in [0.5, 0.6) is 5.75 Å². The minimum absolute atomic E-state index is 0.127. The maximum atomic E-state index is 9.85. The van der Waals surface area contributed by atoms with E-state index in [4.69, 9.17) is 4.74 Å². The Labute approximate surface area is 138 Å². The number of fused-ring (bicyclic) bond motifs is 2. The highest BCUT2D eigenvalue weighted by atomic mass is 16.5. The van der Waals surface area contributed by atoms with Crippen molar-refractivity contribution in [1.82, 2.24) is 4.98 Å². The summed E-state index contributed by atoms with van der Waals surface area (Å²) in [4.78, 5) is 4.43. The molecule has 1 unspecified atom stereocenters. The van der Waals surface area contributed by atoms with Crippen LogP contribution in [-0.4, -0.2) is 15.9 Å². The van der Waals surface area contributed by atoms with Crippen molar-refractivity contribution in [3.8, 4) is 11.8 Å². The standard InChI is InChI=1S/C19H13N3O2/c20-12-19(18-9-13-5-1-2-6-14(13)11-21-18)10-16(22-23)15-7-3-4-8-17(15)24-19/h1-9,11,23H,10H2/b22-16-. The first kappa shape index (κ1) is 14.2. The molecule has 0 bridgehead atoms. The number of rotatable bonds is 1. The molecule has 1 N–H and O–H groups in total. The third kappa shape index (κ3) is 2.09. The predicted molar refractivity (Wildman–Crippen MR) is 89.0 cm³/mol. The molecule has 0 saturated carbocycles. The zero-order valence-electron chi connectivity index (χ0n) is 12.7. The summed E-state index contributed by atoms with van der Waals surface area (Å²) in [6, 6.07) is 19.1. The van der Waals surface area contributed by atoms with Crippen molar-refractivity contribution in [2.75, 3.05) is 0 Å². The summed E-state index contributed by atoms with van der Waals surface area (Å²) in [6.45, 7) is 0. The van der Waals surface area contributed by atoms with Gasteiger partial charge in [0.25, 0.3) is 0 Å². The fourth-order valence-corrected chi connectivity index (χ4v) is 3.00. The molecule has 116 valence electrons. The largest absolute Gasteiger partial charge is 0.465 e. The highest BCUT2D eigenvalue weighted by molar-refractivity contribution is 6.04. The molecule has 3 aromatic rings. The van der Waals surface area contributed by atoms with Gasteiger partial charge < -0.3 is 9.94 Å². The maximum absolute atomic E-state index is 9.85. The molecule has 1 aliphatic rings. The number of hydrogen-bond acceptors (Lipinski definition) is 5. The van der Waals surface area contributed by atoms with Crippen LogP contribution in [0, 0.1) is 11.3 Å². The number of nitrogens with zero attached hydrogens (tertiary/aromatic N) is 3. The zero-order chi connectivity index (χ0) is 16.6. The van der Waals surface area contributed by atoms with Gasteiger partial charge in [-0.1, -0.05) is 41.6 Å². The molecular weight excluding hydrogens is 302 g/mol. The highest BCUT2D eigenvalue weighted by Gasteiger charge is 2.43. The zero-order valence-corrected chi connectivity index (χ0v) is 12.7. The van der Waals surface area contributed by atoms with Crippen molar-refractivity contribution in [1.29, 1.82) is 5.26 Å². The van der Waals surface area contributed by atoms with Gasteiger partial charge in [-0.3, -0.25) is 4.98 Å². The molecule has 24 heavy (non-hydrogen) atoms. The van der Waals surface area contributed by atoms with Crippen LogP contribution in [-0.2, 0) is 5.60 Å². The lowest BCUT2D eigenvalue weighted by molar-refractivity contribution is 0.123. The molecule has 0 fully saturated rings. The fraction of sp³-hybridized carbons (Fsp3) is 0.105. The van der Waals surface area contributed by atoms with E-state index in [1.165, 1.54) is 0 Å². The number of benzene rings is 2. The van der Waals surface area contributed by atoms with Crippen LogP contribution in [0.25, 0.3) is 10.8 Å². The van der Waals surface area contributed by atoms with Gasteiger partial charge in [-0.15, -0.1) is 0 Å². The van der Waals surface area contributed by atoms with Gasteiger partial charge in [0.1, 0.15) is 11.8 Å². The Morgan fingerprint density at radius 1 is 1.12 bits per heavy atom. The number of nitriles is 1. The van der Waals surface area contributed by atoms with Gasteiger partial charge in [-0.05, 0) is 23.6 Å². The summed E-state index contributed by atoms with van der Waals surface area (Å²) < 4.78 is 6.02. The first-order chi connectivity index (χ1) is 11.8. The lowest BCUT2D eigenvalue weighted by Crippen LogP contribution is -2.39. The first-order valence-electron chi connectivity index (χ1n) is 7.52. The Bertz CT molecular complexity index is 1010. The van der Waals surface area contributed by atoms with Gasteiger partial charge >= 0.3 is 0 Å². The van der Waals surface area contributed by atoms with Crippen LogP contribution >= 0.6 is 0 Å². The summed E-state index contributed by atoms with van der Waals surface area (Å²) in [6.07, 6.45) is 1.85. The quantitative estimate of drug-likeness (QED) is 0.549. The highest BCUT2D eigenvalue weighted by Crippen LogP contribution is 2.39. The van der Waals surface area contributed by atoms with Crippen LogP contribution in [0.1, 0.15) is 17.7 Å². The third-order valence-corrected chi connectivity index (χ3v) is 4.24. The second-order valence-electron chi connectivity index (χ2n) is 5.68. The molecule has 0 aliphatic carbocycles. The van der Waals surface area contributed by atoms with E-state index in [1.54, 1.807) is 18.3 Å². The van der Waals surface area contributed by atoms with Gasteiger partial charge in [-0.2, -0.15) is 5.26 Å². The van der Waals surface area contributed by atoms with Crippen LogP contribution in [0.4, 0.5) is 0 Å². The Hall–Kier alpha value is -3.39. The third-order valence-electron chi connectivity index (χ3n) is 4.24. The van der Waals surface area contributed by atoms with Crippen molar-refractivity contribution in [2.24, 2.45) is 5.16 Å². The summed E-state index contributed by atoms with van der Waals surface area (Å²) in [7, 11) is 0. The van der Waals surface area contributed by atoms with Crippen molar-refractivity contribution >= 4 is 16.5 Å². The van der Waals surface area contributed by atoms with E-state index in [1.807, 2.05) is 42.5 Å². The molecule has 0 saturated heterocycles. The molecular formula is C19H13N3O2. The van der Waals surface area contributed by atoms with Crippen molar-refractivity contribution < 1.29 is 9.94 Å². The Morgan fingerprint density at radius 3 is 2.67 bits per heavy atom. The summed E-state index contributed by atoms with van der Waals surface area (Å²) in [5.74, 6) is 0.507. The Morgan fingerprint density at radius 2 is 1.88 bits per heavy atom. The number of aromatic nitrogens is 1. The van der Waals surface area contributed by atoms with Crippen molar-refractivity contribution in [3.63, 3.8) is 0 Å². The van der Waals surface area contributed by atoms with E-state index in [-0.39, 0.29) is 6.42 Å². The molecule has 1 aliphatic heterocycles. The van der Waals surface area contributed by atoms with Crippen LogP contribution < -0.4 is 4.74 Å². The molecule has 2 heterocycles. The monoisotopic (exact) mass is 315 g/mol. The van der Waals surface area contributed by atoms with Crippen molar-refractivity contribution in [2.45, 2.75) is 12.0 Å². The Balaban J connectivity index is 1.89. The van der Waals surface area contributed by atoms with E-state index in [2.05, 4.69) is 16.2 Å². The second kappa shape index (κ2) is 5.36. The van der Waals surface area contributed by atoms with E-state index in [0.29, 0.717) is 22.7 Å². The summed E-state index contributed by atoms with van der Waals surface area (Å²) in [5.41, 5.74) is 0.277. The Kier molecular flexibility index (Phi) is 3.17. The molecule has 4 rings (SSSR count). The van der Waals surface area contributed by atoms with E-state index in [9.17, 15) is 10.5 Å². The second-order valence-corrected chi connectivity index (χ2v) is 5.68. The lowest BCUT2D eigenvalue weighted by atomic mass is 9.87. The molecule has 1 atom stereocenters. The number of ether oxygens (including phenoxy) is 1. The minimum Gasteiger partial charge on any atom is -0.465 e. The lowest BCUT2D eigenvalue weighted by Gasteiger charge is -2.33. The number of pyridine rings is 1. The topological polar surface area (TPSA) is 78.5 Å². The minimum atomic E-state index is -1.32. The van der Waals surface area contributed by atoms with Gasteiger partial charge in [0.2, 0.25) is 5.60 Å². The molecule has 5 heteroatoms. The van der Waals surface area contributed by atoms with E-state index < -0.39 is 5.60 Å². The van der Waals surface area contributed by atoms with Gasteiger partial charge in [0, 0.05) is 17.1 Å². The number of hydrogen-bond donors (Lipinski definition) is 1. The molecule has 1 aromatic heterocycles. The molecule has 0 amide bonds. The fourth-order valence-electron chi connectivity index (χ4n) is 3.00. The normalized spacial score (nSPS) is 21.0. The van der Waals surface area contributed by atoms with Crippen LogP contribution in [0.3, 0.4) is 0 Å². The van der Waals surface area contributed by atoms with Crippen LogP contribution in [0.2, 0.25) is 0 Å². The van der Waals surface area contributed by atoms with E-state index in [0.717, 1.165) is 10.8 Å². The molecule has 5 nitrogen and oxygen atoms in total. The molecule has 0 radical (unpaired) electrons. The van der Waals surface area contributed by atoms with Gasteiger partial charge in [0.15, 0.2) is 0 Å². The summed E-state index contributed by atoms with van der Waals surface area (Å²) in [5, 5.41) is 24.6. The molecule has 2 aromatic carbocycles. The number of oxime groups is 1. The first-order valence-corrected chi connectivity index (χ1v) is 7.52. The average Bonchev–Trinajstić information content (AvgIpc) is 2.66. The van der Waals surface area contributed by atoms with Crippen LogP contribution in [0.15, 0.2) is 65.9 Å². The van der Waals surface area contributed by atoms with Gasteiger partial charge in [0.05, 0.1) is 17.8 Å². The summed E-state index contributed by atoms with van der Waals surface area (Å²) >= 11 is 0. The van der Waals surface area contributed by atoms with Gasteiger partial charge in [-0.25, -0.2) is 0 Å². The average molecular weight is 315 g/mol.